The summed E-state index contributed by atoms with van der Waals surface area (Å²) in [4.78, 5) is 30.9. The van der Waals surface area contributed by atoms with Gasteiger partial charge in [0, 0.05) is 30.2 Å². The highest BCUT2D eigenvalue weighted by Crippen LogP contribution is 2.37. The lowest BCUT2D eigenvalue weighted by atomic mass is 10.0. The molecule has 0 N–H and O–H groups in total. The molecule has 2 aromatic rings. The van der Waals surface area contributed by atoms with Gasteiger partial charge in [0.05, 0.1) is 11.4 Å². The van der Waals surface area contributed by atoms with Crippen LogP contribution < -0.4 is 10.5 Å². The number of pyridine rings is 1. The Morgan fingerprint density at radius 1 is 1.23 bits per heavy atom. The number of anilines is 1. The molecule has 6 nitrogen and oxygen atoms in total. The number of benzene rings is 1. The monoisotopic (exact) mass is 526 g/mol. The van der Waals surface area contributed by atoms with Crippen molar-refractivity contribution in [3.05, 3.63) is 66.8 Å². The smallest absolute Gasteiger partial charge is 0.270 e. The van der Waals surface area contributed by atoms with Gasteiger partial charge >= 0.3 is 0 Å². The number of thioether (sulfide) groups is 1. The number of nitriles is 1. The Morgan fingerprint density at radius 3 is 2.60 bits per heavy atom. The van der Waals surface area contributed by atoms with E-state index in [0.717, 1.165) is 55.7 Å². The van der Waals surface area contributed by atoms with E-state index in [2.05, 4.69) is 17.9 Å². The van der Waals surface area contributed by atoms with Crippen LogP contribution in [0.4, 0.5) is 5.82 Å². The van der Waals surface area contributed by atoms with Crippen LogP contribution >= 0.6 is 35.6 Å². The molecule has 1 aromatic carbocycles. The second-order valence-corrected chi connectivity index (χ2v) is 10.8. The fourth-order valence-corrected chi connectivity index (χ4v) is 5.93. The number of carbonyl (C=O) groups excluding carboxylic acids is 1. The highest BCUT2D eigenvalue weighted by atomic mass is 35.5. The fourth-order valence-electron chi connectivity index (χ4n) is 4.50. The molecule has 35 heavy (non-hydrogen) atoms. The Morgan fingerprint density at radius 2 is 1.94 bits per heavy atom. The summed E-state index contributed by atoms with van der Waals surface area (Å²) in [6.45, 7) is 6.37. The fraction of sp³-hybridized carbons (Fsp3) is 0.385. The van der Waals surface area contributed by atoms with Crippen molar-refractivity contribution in [2.75, 3.05) is 18.0 Å². The molecule has 1 amide bonds. The van der Waals surface area contributed by atoms with Gasteiger partial charge in [-0.15, -0.1) is 0 Å². The zero-order valence-corrected chi connectivity index (χ0v) is 22.2. The van der Waals surface area contributed by atoms with Crippen molar-refractivity contribution < 1.29 is 4.79 Å². The van der Waals surface area contributed by atoms with Gasteiger partial charge in [0.25, 0.3) is 11.5 Å². The molecule has 9 heteroatoms. The Kier molecular flexibility index (Phi) is 8.00. The first kappa shape index (κ1) is 25.5. The minimum absolute atomic E-state index is 0.127. The van der Waals surface area contributed by atoms with E-state index < -0.39 is 0 Å². The molecule has 0 radical (unpaired) electrons. The Hall–Kier alpha value is -2.60. The summed E-state index contributed by atoms with van der Waals surface area (Å²) >= 11 is 13.1. The first-order chi connectivity index (χ1) is 16.9. The van der Waals surface area contributed by atoms with Crippen LogP contribution in [0.15, 0.2) is 34.0 Å². The molecule has 3 heterocycles. The molecule has 2 aliphatic rings. The summed E-state index contributed by atoms with van der Waals surface area (Å²) in [6, 6.07) is 9.50. The van der Waals surface area contributed by atoms with Crippen molar-refractivity contribution in [2.45, 2.75) is 52.6 Å². The zero-order valence-electron chi connectivity index (χ0n) is 19.8. The van der Waals surface area contributed by atoms with Gasteiger partial charge in [-0.05, 0) is 49.5 Å². The number of aromatic nitrogens is 1. The third-order valence-corrected chi connectivity index (χ3v) is 8.17. The van der Waals surface area contributed by atoms with E-state index >= 15 is 0 Å². The van der Waals surface area contributed by atoms with Crippen LogP contribution in [0.3, 0.4) is 0 Å². The summed E-state index contributed by atoms with van der Waals surface area (Å²) in [5, 5.41) is 10.4. The highest BCUT2D eigenvalue weighted by molar-refractivity contribution is 8.26. The molecule has 1 aromatic heterocycles. The molecule has 0 spiro atoms. The van der Waals surface area contributed by atoms with E-state index in [1.54, 1.807) is 22.5 Å². The first-order valence-corrected chi connectivity index (χ1v) is 13.4. The van der Waals surface area contributed by atoms with E-state index in [9.17, 15) is 14.9 Å². The second kappa shape index (κ2) is 11.0. The summed E-state index contributed by atoms with van der Waals surface area (Å²) in [7, 11) is 0. The van der Waals surface area contributed by atoms with Gasteiger partial charge in [0.15, 0.2) is 0 Å². The molecule has 2 aliphatic heterocycles. The summed E-state index contributed by atoms with van der Waals surface area (Å²) in [5.41, 5.74) is 2.03. The first-order valence-electron chi connectivity index (χ1n) is 11.8. The van der Waals surface area contributed by atoms with Crippen LogP contribution in [0, 0.1) is 18.3 Å². The molecule has 182 valence electrons. The molecule has 2 saturated heterocycles. The van der Waals surface area contributed by atoms with E-state index in [-0.39, 0.29) is 17.0 Å². The third kappa shape index (κ3) is 5.04. The number of unbranched alkanes of at least 4 members (excludes halogenated alkanes) is 1. The summed E-state index contributed by atoms with van der Waals surface area (Å²) < 4.78 is 2.19. The lowest BCUT2D eigenvalue weighted by Crippen LogP contribution is -2.33. The van der Waals surface area contributed by atoms with Gasteiger partial charge in [-0.3, -0.25) is 19.1 Å². The maximum Gasteiger partial charge on any atom is 0.270 e. The Bertz CT molecular complexity index is 1310. The summed E-state index contributed by atoms with van der Waals surface area (Å²) in [6.07, 6.45) is 5.66. The lowest BCUT2D eigenvalue weighted by Gasteiger charge is -2.27. The minimum atomic E-state index is -0.260. The van der Waals surface area contributed by atoms with E-state index in [4.69, 9.17) is 23.8 Å². The van der Waals surface area contributed by atoms with Crippen LogP contribution in [-0.4, -0.2) is 32.8 Å². The number of hydrogen-bond donors (Lipinski definition) is 0. The molecule has 2 fully saturated rings. The number of carbonyl (C=O) groups is 1. The number of thiocarbonyl (C=S) groups is 1. The number of nitrogens with zero attached hydrogens (tertiary/aromatic N) is 4. The number of rotatable bonds is 7. The minimum Gasteiger partial charge on any atom is -0.357 e. The second-order valence-electron chi connectivity index (χ2n) is 8.71. The molecule has 0 unspecified atom stereocenters. The normalized spacial score (nSPS) is 17.0. The third-order valence-electron chi connectivity index (χ3n) is 6.42. The average Bonchev–Trinajstić information content (AvgIpc) is 3.46. The van der Waals surface area contributed by atoms with Gasteiger partial charge in [-0.2, -0.15) is 5.26 Å². The zero-order chi connectivity index (χ0) is 25.1. The largest absolute Gasteiger partial charge is 0.357 e. The van der Waals surface area contributed by atoms with Crippen molar-refractivity contribution in [3.8, 4) is 6.07 Å². The maximum atomic E-state index is 13.4. The molecular formula is C26H27ClN4O2S2. The lowest BCUT2D eigenvalue weighted by molar-refractivity contribution is -0.122. The summed E-state index contributed by atoms with van der Waals surface area (Å²) in [5.74, 6) is 0.602. The SMILES string of the molecule is CCCCn1c(N2CCCC2)c(/C=C2/SC(=S)N(Cc3ccccc3Cl)C2=O)c(C)c(C#N)c1=O. The van der Waals surface area contributed by atoms with Gasteiger partial charge in [0.1, 0.15) is 21.8 Å². The van der Waals surface area contributed by atoms with E-state index in [1.165, 1.54) is 11.8 Å². The number of amides is 1. The van der Waals surface area contributed by atoms with Crippen LogP contribution in [0.1, 0.15) is 54.9 Å². The van der Waals surface area contributed by atoms with Crippen LogP contribution in [-0.2, 0) is 17.9 Å². The molecule has 0 saturated carbocycles. The van der Waals surface area contributed by atoms with Gasteiger partial charge in [-0.25, -0.2) is 0 Å². The number of hydrogen-bond acceptors (Lipinski definition) is 6. The van der Waals surface area contributed by atoms with Crippen LogP contribution in [0.5, 0.6) is 0 Å². The molecule has 0 bridgehead atoms. The van der Waals surface area contributed by atoms with Crippen molar-refractivity contribution in [2.24, 2.45) is 0 Å². The Balaban J connectivity index is 1.81. The number of halogens is 1. The predicted octanol–water partition coefficient (Wildman–Crippen LogP) is 5.48. The van der Waals surface area contributed by atoms with Gasteiger partial charge in [-0.1, -0.05) is 67.1 Å². The van der Waals surface area contributed by atoms with Gasteiger partial charge in [0.2, 0.25) is 0 Å². The van der Waals surface area contributed by atoms with Crippen molar-refractivity contribution >= 4 is 57.7 Å². The standard InChI is InChI=1S/C26H27ClN4O2S2/c1-3-4-13-30-23(29-11-7-8-12-29)19(17(2)20(15-28)24(30)32)14-22-25(33)31(26(34)35-22)16-18-9-5-6-10-21(18)27/h5-6,9-10,14H,3-4,7-8,11-13,16H2,1-2H3/b22-14+. The highest BCUT2D eigenvalue weighted by Gasteiger charge is 2.34. The van der Waals surface area contributed by atoms with Crippen molar-refractivity contribution in [1.29, 1.82) is 5.26 Å². The van der Waals surface area contributed by atoms with Crippen molar-refractivity contribution in [3.63, 3.8) is 0 Å². The molecule has 0 aliphatic carbocycles. The molecule has 4 rings (SSSR count). The topological polar surface area (TPSA) is 69.3 Å². The van der Waals surface area contributed by atoms with Crippen LogP contribution in [0.2, 0.25) is 5.02 Å². The maximum absolute atomic E-state index is 13.4. The van der Waals surface area contributed by atoms with Crippen molar-refractivity contribution in [1.82, 2.24) is 9.47 Å². The molecule has 0 atom stereocenters. The van der Waals surface area contributed by atoms with E-state index in [0.29, 0.717) is 32.9 Å². The Labute approximate surface area is 220 Å². The molecular weight excluding hydrogens is 500 g/mol. The van der Waals surface area contributed by atoms with Crippen LogP contribution in [0.25, 0.3) is 6.08 Å². The van der Waals surface area contributed by atoms with Gasteiger partial charge < -0.3 is 4.90 Å². The predicted molar refractivity (Wildman–Crippen MR) is 147 cm³/mol. The quantitative estimate of drug-likeness (QED) is 0.351. The van der Waals surface area contributed by atoms with E-state index in [1.807, 2.05) is 24.3 Å². The average molecular weight is 527 g/mol.